The van der Waals surface area contributed by atoms with E-state index >= 15 is 0 Å². The molecule has 0 aromatic heterocycles. The van der Waals surface area contributed by atoms with Crippen LogP contribution in [0.4, 0.5) is 5.69 Å². The minimum atomic E-state index is -3.90. The van der Waals surface area contributed by atoms with E-state index < -0.39 is 16.1 Å². The Morgan fingerprint density at radius 1 is 1.23 bits per heavy atom. The van der Waals surface area contributed by atoms with Crippen molar-refractivity contribution in [3.8, 4) is 5.75 Å². The van der Waals surface area contributed by atoms with Crippen molar-refractivity contribution in [3.63, 3.8) is 0 Å². The molecule has 2 N–H and O–H groups in total. The summed E-state index contributed by atoms with van der Waals surface area (Å²) in [5.74, 6) is -0.215. The van der Waals surface area contributed by atoms with Crippen LogP contribution in [0.25, 0.3) is 0 Å². The second kappa shape index (κ2) is 9.34. The van der Waals surface area contributed by atoms with Gasteiger partial charge in [-0.05, 0) is 37.8 Å². The van der Waals surface area contributed by atoms with Crippen LogP contribution >= 0.6 is 0 Å². The van der Waals surface area contributed by atoms with Crippen LogP contribution in [0.5, 0.6) is 5.75 Å². The quantitative estimate of drug-likeness (QED) is 0.666. The van der Waals surface area contributed by atoms with Gasteiger partial charge in [-0.2, -0.15) is 4.31 Å². The predicted molar refractivity (Wildman–Crippen MR) is 114 cm³/mol. The first-order valence-electron chi connectivity index (χ1n) is 10.6. The van der Waals surface area contributed by atoms with Crippen LogP contribution < -0.4 is 15.4 Å². The first kappa shape index (κ1) is 22.6. The average molecular weight is 438 g/mol. The molecule has 1 saturated carbocycles. The normalized spacial score (nSPS) is 20.1. The molecular weight excluding hydrogens is 406 g/mol. The molecular formula is C21H31N3O5S. The molecule has 0 spiro atoms. The summed E-state index contributed by atoms with van der Waals surface area (Å²) < 4.78 is 33.0. The van der Waals surface area contributed by atoms with Crippen molar-refractivity contribution in [2.45, 2.75) is 75.8 Å². The van der Waals surface area contributed by atoms with Gasteiger partial charge in [0, 0.05) is 19.2 Å². The number of anilines is 1. The number of nitrogens with zero attached hydrogens (tertiary/aromatic N) is 1. The Hall–Kier alpha value is -2.13. The summed E-state index contributed by atoms with van der Waals surface area (Å²) in [6.45, 7) is 3.23. The Labute approximate surface area is 178 Å². The highest BCUT2D eigenvalue weighted by atomic mass is 32.2. The van der Waals surface area contributed by atoms with Gasteiger partial charge in [0.2, 0.25) is 15.9 Å². The second-order valence-electron chi connectivity index (χ2n) is 8.13. The molecule has 9 heteroatoms. The number of nitrogens with one attached hydrogen (secondary N) is 2. The van der Waals surface area contributed by atoms with Crippen molar-refractivity contribution in [2.75, 3.05) is 18.9 Å². The number of likely N-dealkylation sites (N-methyl/N-ethyl adjacent to an activating group) is 1. The van der Waals surface area contributed by atoms with Gasteiger partial charge in [0.25, 0.3) is 5.91 Å². The molecule has 8 nitrogen and oxygen atoms in total. The van der Waals surface area contributed by atoms with Gasteiger partial charge in [0.1, 0.15) is 5.75 Å². The molecule has 1 fully saturated rings. The van der Waals surface area contributed by atoms with Crippen LogP contribution in [0.15, 0.2) is 17.0 Å². The number of amides is 2. The Kier molecular flexibility index (Phi) is 7.02. The summed E-state index contributed by atoms with van der Waals surface area (Å²) in [7, 11) is -2.50. The molecule has 1 heterocycles. The number of carbonyl (C=O) groups excluding carboxylic acids is 2. The fourth-order valence-electron chi connectivity index (χ4n) is 3.98. The van der Waals surface area contributed by atoms with E-state index in [9.17, 15) is 18.0 Å². The van der Waals surface area contributed by atoms with Crippen LogP contribution in [-0.2, 0) is 19.6 Å². The lowest BCUT2D eigenvalue weighted by molar-refractivity contribution is -0.123. The minimum Gasteiger partial charge on any atom is -0.478 e. The van der Waals surface area contributed by atoms with Crippen molar-refractivity contribution in [2.24, 2.45) is 0 Å². The van der Waals surface area contributed by atoms with Gasteiger partial charge in [-0.1, -0.05) is 32.6 Å². The summed E-state index contributed by atoms with van der Waals surface area (Å²) in [5.41, 5.74) is 0.929. The lowest BCUT2D eigenvalue weighted by Gasteiger charge is -2.27. The highest BCUT2D eigenvalue weighted by Gasteiger charge is 2.31. The largest absolute Gasteiger partial charge is 0.478 e. The van der Waals surface area contributed by atoms with Gasteiger partial charge >= 0.3 is 0 Å². The first-order valence-corrected chi connectivity index (χ1v) is 12.0. The van der Waals surface area contributed by atoms with E-state index in [0.29, 0.717) is 23.4 Å². The maximum absolute atomic E-state index is 13.1. The summed E-state index contributed by atoms with van der Waals surface area (Å²) in [6, 6.07) is 3.14. The smallest absolute Gasteiger partial charge is 0.265 e. The number of rotatable bonds is 6. The summed E-state index contributed by atoms with van der Waals surface area (Å²) in [6.07, 6.45) is 6.23. The number of ether oxygens (including phenoxy) is 1. The highest BCUT2D eigenvalue weighted by molar-refractivity contribution is 7.89. The van der Waals surface area contributed by atoms with Gasteiger partial charge in [0.05, 0.1) is 17.1 Å². The number of hydrogen-bond acceptors (Lipinski definition) is 5. The molecule has 1 aromatic rings. The van der Waals surface area contributed by atoms with Crippen molar-refractivity contribution < 1.29 is 22.7 Å². The van der Waals surface area contributed by atoms with E-state index in [1.54, 1.807) is 13.0 Å². The molecule has 0 bridgehead atoms. The molecule has 1 aromatic carbocycles. The minimum absolute atomic E-state index is 0.0667. The van der Waals surface area contributed by atoms with E-state index in [-0.39, 0.29) is 29.3 Å². The zero-order valence-corrected chi connectivity index (χ0v) is 18.7. The Morgan fingerprint density at radius 3 is 2.53 bits per heavy atom. The number of benzene rings is 1. The Morgan fingerprint density at radius 2 is 1.90 bits per heavy atom. The number of sulfonamides is 1. The zero-order valence-electron chi connectivity index (χ0n) is 17.9. The third kappa shape index (κ3) is 4.95. The highest BCUT2D eigenvalue weighted by Crippen LogP contribution is 2.35. The summed E-state index contributed by atoms with van der Waals surface area (Å²) >= 11 is 0. The van der Waals surface area contributed by atoms with E-state index in [1.807, 2.05) is 6.92 Å². The molecule has 30 heavy (non-hydrogen) atoms. The predicted octanol–water partition coefficient (Wildman–Crippen LogP) is 2.56. The summed E-state index contributed by atoms with van der Waals surface area (Å²) in [4.78, 5) is 24.5. The number of hydrogen-bond donors (Lipinski definition) is 2. The maximum Gasteiger partial charge on any atom is 0.265 e. The Balaban J connectivity index is 1.74. The van der Waals surface area contributed by atoms with E-state index in [0.717, 1.165) is 30.0 Å². The van der Waals surface area contributed by atoms with Crippen LogP contribution in [0.2, 0.25) is 0 Å². The molecule has 0 unspecified atom stereocenters. The average Bonchev–Trinajstić information content (AvgIpc) is 2.95. The lowest BCUT2D eigenvalue weighted by Crippen LogP contribution is -2.42. The molecule has 2 aliphatic rings. The molecule has 1 aliphatic carbocycles. The standard InChI is InChI=1S/C21H31N3O5S/c1-4-17-21(26)23-16-11-14(2)19(12-18(16)29-17)30(27,28)24(3)13-20(25)22-15-9-7-5-6-8-10-15/h11-12,15,17H,4-10,13H2,1-3H3,(H,22,25)(H,23,26)/t17-/m0/s1. The van der Waals surface area contributed by atoms with Crippen LogP contribution in [0.3, 0.4) is 0 Å². The molecule has 1 aliphatic heterocycles. The fraction of sp³-hybridized carbons (Fsp3) is 0.619. The van der Waals surface area contributed by atoms with Crippen LogP contribution in [-0.4, -0.2) is 50.3 Å². The van der Waals surface area contributed by atoms with Crippen LogP contribution in [0.1, 0.15) is 57.4 Å². The number of aryl methyl sites for hydroxylation is 1. The number of fused-ring (bicyclic) bond motifs is 1. The molecule has 1 atom stereocenters. The van der Waals surface area contributed by atoms with Crippen molar-refractivity contribution in [1.29, 1.82) is 0 Å². The van der Waals surface area contributed by atoms with E-state index in [4.69, 9.17) is 4.74 Å². The fourth-order valence-corrected chi connectivity index (χ4v) is 5.33. The molecule has 0 radical (unpaired) electrons. The summed E-state index contributed by atoms with van der Waals surface area (Å²) in [5, 5.41) is 5.73. The zero-order chi connectivity index (χ0) is 21.9. The molecule has 0 saturated heterocycles. The van der Waals surface area contributed by atoms with E-state index in [2.05, 4.69) is 10.6 Å². The van der Waals surface area contributed by atoms with Crippen molar-refractivity contribution in [1.82, 2.24) is 9.62 Å². The molecule has 166 valence electrons. The van der Waals surface area contributed by atoms with Gasteiger partial charge in [0.15, 0.2) is 6.10 Å². The molecule has 2 amide bonds. The SMILES string of the molecule is CC[C@@H]1Oc2cc(S(=O)(=O)N(C)CC(=O)NC3CCCCCC3)c(C)cc2NC1=O. The number of carbonyl (C=O) groups is 2. The third-order valence-corrected chi connectivity index (χ3v) is 7.69. The monoisotopic (exact) mass is 437 g/mol. The van der Waals surface area contributed by atoms with Gasteiger partial charge in [-0.3, -0.25) is 9.59 Å². The van der Waals surface area contributed by atoms with Gasteiger partial charge < -0.3 is 15.4 Å². The van der Waals surface area contributed by atoms with E-state index in [1.165, 1.54) is 26.0 Å². The topological polar surface area (TPSA) is 105 Å². The van der Waals surface area contributed by atoms with Gasteiger partial charge in [-0.25, -0.2) is 8.42 Å². The van der Waals surface area contributed by atoms with Crippen LogP contribution in [0, 0.1) is 6.92 Å². The van der Waals surface area contributed by atoms with Crippen molar-refractivity contribution in [3.05, 3.63) is 17.7 Å². The van der Waals surface area contributed by atoms with Gasteiger partial charge in [-0.15, -0.1) is 0 Å². The lowest BCUT2D eigenvalue weighted by atomic mass is 10.1. The van der Waals surface area contributed by atoms with Crippen molar-refractivity contribution >= 4 is 27.5 Å². The third-order valence-electron chi connectivity index (χ3n) is 5.74. The second-order valence-corrected chi connectivity index (χ2v) is 10.1. The molecule has 3 rings (SSSR count). The Bertz CT molecular complexity index is 907. The maximum atomic E-state index is 13.1. The first-order chi connectivity index (χ1) is 14.2.